The summed E-state index contributed by atoms with van der Waals surface area (Å²) in [4.78, 5) is 0. The van der Waals surface area contributed by atoms with Crippen LogP contribution in [0.15, 0.2) is 59.8 Å². The summed E-state index contributed by atoms with van der Waals surface area (Å²) < 4.78 is 31.5. The first kappa shape index (κ1) is 15.3. The van der Waals surface area contributed by atoms with Crippen molar-refractivity contribution in [3.05, 3.63) is 60.2 Å². The van der Waals surface area contributed by atoms with Gasteiger partial charge in [-0.25, -0.2) is 0 Å². The van der Waals surface area contributed by atoms with Gasteiger partial charge in [0.2, 0.25) is 0 Å². The molecule has 0 spiro atoms. The second kappa shape index (κ2) is 6.60. The third-order valence-corrected chi connectivity index (χ3v) is 2.96. The molecule has 2 aromatic rings. The summed E-state index contributed by atoms with van der Waals surface area (Å²) in [6, 6.07) is 16.0. The van der Waals surface area contributed by atoms with Crippen molar-refractivity contribution in [2.75, 3.05) is 6.26 Å². The van der Waals surface area contributed by atoms with Crippen LogP contribution in [0.2, 0.25) is 0 Å². The molecule has 0 aliphatic rings. The number of nitrogens with zero attached hydrogens (tertiary/aromatic N) is 1. The SMILES string of the molecule is CS(=O)(=O)O/N=C(\Cl)c1ccc(Oc2ccccc2)cc1. The number of oxime groups is 1. The van der Waals surface area contributed by atoms with E-state index < -0.39 is 10.1 Å². The molecule has 0 N–H and O–H groups in total. The van der Waals surface area contributed by atoms with Gasteiger partial charge < -0.3 is 4.74 Å². The van der Waals surface area contributed by atoms with E-state index in [2.05, 4.69) is 9.44 Å². The van der Waals surface area contributed by atoms with Gasteiger partial charge in [0.05, 0.1) is 6.26 Å². The lowest BCUT2D eigenvalue weighted by Crippen LogP contribution is -2.00. The minimum absolute atomic E-state index is 0.0633. The number of rotatable bonds is 5. The molecule has 7 heteroatoms. The quantitative estimate of drug-likeness (QED) is 0.624. The Bertz CT molecular complexity index is 727. The van der Waals surface area contributed by atoms with Crippen molar-refractivity contribution < 1.29 is 17.4 Å². The molecule has 0 aliphatic heterocycles. The van der Waals surface area contributed by atoms with E-state index in [0.717, 1.165) is 6.26 Å². The maximum absolute atomic E-state index is 10.8. The molecule has 2 aromatic carbocycles. The largest absolute Gasteiger partial charge is 0.457 e. The molecule has 21 heavy (non-hydrogen) atoms. The van der Waals surface area contributed by atoms with E-state index in [1.54, 1.807) is 24.3 Å². The van der Waals surface area contributed by atoms with Crippen molar-refractivity contribution in [3.63, 3.8) is 0 Å². The van der Waals surface area contributed by atoms with Crippen LogP contribution in [0.25, 0.3) is 0 Å². The summed E-state index contributed by atoms with van der Waals surface area (Å²) >= 11 is 5.84. The highest BCUT2D eigenvalue weighted by atomic mass is 35.5. The Kier molecular flexibility index (Phi) is 4.82. The van der Waals surface area contributed by atoms with Crippen molar-refractivity contribution in [1.82, 2.24) is 0 Å². The predicted octanol–water partition coefficient (Wildman–Crippen LogP) is 3.36. The zero-order valence-electron chi connectivity index (χ0n) is 11.1. The molecule has 0 bridgehead atoms. The third-order valence-electron chi connectivity index (χ3n) is 2.32. The van der Waals surface area contributed by atoms with E-state index in [1.807, 2.05) is 30.3 Å². The highest BCUT2D eigenvalue weighted by Crippen LogP contribution is 2.21. The molecule has 0 aromatic heterocycles. The molecule has 0 atom stereocenters. The fourth-order valence-corrected chi connectivity index (χ4v) is 1.85. The van der Waals surface area contributed by atoms with Crippen molar-refractivity contribution in [1.29, 1.82) is 0 Å². The number of halogens is 1. The topological polar surface area (TPSA) is 65.0 Å². The Morgan fingerprint density at radius 3 is 2.14 bits per heavy atom. The fraction of sp³-hybridized carbons (Fsp3) is 0.0714. The van der Waals surface area contributed by atoms with Crippen LogP contribution in [-0.4, -0.2) is 19.8 Å². The van der Waals surface area contributed by atoms with Gasteiger partial charge in [0, 0.05) is 5.56 Å². The van der Waals surface area contributed by atoms with E-state index in [1.165, 1.54) is 0 Å². The molecule has 0 fully saturated rings. The molecule has 0 radical (unpaired) electrons. The summed E-state index contributed by atoms with van der Waals surface area (Å²) in [6.45, 7) is 0. The van der Waals surface area contributed by atoms with Crippen LogP contribution >= 0.6 is 11.6 Å². The van der Waals surface area contributed by atoms with Crippen LogP contribution in [-0.2, 0) is 14.4 Å². The standard InChI is InChI=1S/C14H12ClNO4S/c1-21(17,18)20-16-14(15)11-7-9-13(10-8-11)19-12-5-3-2-4-6-12/h2-10H,1H3/b16-14-. The average molecular weight is 326 g/mol. The van der Waals surface area contributed by atoms with Crippen molar-refractivity contribution in [3.8, 4) is 11.5 Å². The Morgan fingerprint density at radius 1 is 1.00 bits per heavy atom. The minimum Gasteiger partial charge on any atom is -0.457 e. The number of ether oxygens (including phenoxy) is 1. The van der Waals surface area contributed by atoms with Crippen LogP contribution in [0, 0.1) is 0 Å². The van der Waals surface area contributed by atoms with Crippen LogP contribution < -0.4 is 4.74 Å². The lowest BCUT2D eigenvalue weighted by molar-refractivity contribution is 0.344. The molecule has 0 saturated carbocycles. The third kappa shape index (κ3) is 5.09. The Balaban J connectivity index is 2.08. The molecule has 0 amide bonds. The van der Waals surface area contributed by atoms with E-state index in [0.29, 0.717) is 17.1 Å². The van der Waals surface area contributed by atoms with Gasteiger partial charge in [0.1, 0.15) is 11.5 Å². The Hall–Kier alpha value is -2.05. The van der Waals surface area contributed by atoms with E-state index >= 15 is 0 Å². The molecule has 0 aliphatic carbocycles. The van der Waals surface area contributed by atoms with Gasteiger partial charge >= 0.3 is 10.1 Å². The summed E-state index contributed by atoms with van der Waals surface area (Å²) in [5.41, 5.74) is 0.515. The summed E-state index contributed by atoms with van der Waals surface area (Å²) in [6.07, 6.45) is 0.886. The number of hydrogen-bond donors (Lipinski definition) is 0. The van der Waals surface area contributed by atoms with Gasteiger partial charge in [-0.3, -0.25) is 4.28 Å². The van der Waals surface area contributed by atoms with Gasteiger partial charge in [-0.05, 0) is 36.4 Å². The lowest BCUT2D eigenvalue weighted by Gasteiger charge is -2.05. The zero-order chi connectivity index (χ0) is 15.3. The van der Waals surface area contributed by atoms with Crippen molar-refractivity contribution in [2.24, 2.45) is 5.16 Å². The minimum atomic E-state index is -3.67. The van der Waals surface area contributed by atoms with Gasteiger partial charge in [0.25, 0.3) is 0 Å². The highest BCUT2D eigenvalue weighted by Gasteiger charge is 2.05. The molecule has 110 valence electrons. The first-order chi connectivity index (χ1) is 9.94. The van der Waals surface area contributed by atoms with Crippen LogP contribution in [0.1, 0.15) is 5.56 Å². The van der Waals surface area contributed by atoms with Gasteiger partial charge in [0.15, 0.2) is 5.17 Å². The second-order valence-corrected chi connectivity index (χ2v) is 6.02. The lowest BCUT2D eigenvalue weighted by atomic mass is 10.2. The first-order valence-electron chi connectivity index (χ1n) is 5.89. The molecule has 0 heterocycles. The fourth-order valence-electron chi connectivity index (χ4n) is 1.44. The second-order valence-electron chi connectivity index (χ2n) is 4.10. The number of hydrogen-bond acceptors (Lipinski definition) is 5. The Morgan fingerprint density at radius 2 is 1.57 bits per heavy atom. The van der Waals surface area contributed by atoms with Gasteiger partial charge in [-0.15, -0.1) is 0 Å². The van der Waals surface area contributed by atoms with Crippen molar-refractivity contribution in [2.45, 2.75) is 0 Å². The predicted molar refractivity (Wildman–Crippen MR) is 81.3 cm³/mol. The first-order valence-corrected chi connectivity index (χ1v) is 8.09. The van der Waals surface area contributed by atoms with Crippen LogP contribution in [0.4, 0.5) is 0 Å². The highest BCUT2D eigenvalue weighted by molar-refractivity contribution is 7.85. The normalized spacial score (nSPS) is 12.0. The molecule has 0 unspecified atom stereocenters. The van der Waals surface area contributed by atoms with E-state index in [-0.39, 0.29) is 5.17 Å². The van der Waals surface area contributed by atoms with E-state index in [9.17, 15) is 8.42 Å². The maximum Gasteiger partial charge on any atom is 0.325 e. The molecule has 2 rings (SSSR count). The van der Waals surface area contributed by atoms with Crippen LogP contribution in [0.5, 0.6) is 11.5 Å². The summed E-state index contributed by atoms with van der Waals surface area (Å²) in [5, 5.41) is 3.27. The molecule has 5 nitrogen and oxygen atoms in total. The maximum atomic E-state index is 10.8. The summed E-state index contributed by atoms with van der Waals surface area (Å²) in [7, 11) is -3.67. The summed E-state index contributed by atoms with van der Waals surface area (Å²) in [5.74, 6) is 1.34. The monoisotopic (exact) mass is 325 g/mol. The molecular weight excluding hydrogens is 314 g/mol. The molecule has 0 saturated heterocycles. The van der Waals surface area contributed by atoms with Crippen molar-refractivity contribution >= 4 is 26.9 Å². The average Bonchev–Trinajstić information content (AvgIpc) is 2.46. The smallest absolute Gasteiger partial charge is 0.325 e. The number of benzene rings is 2. The zero-order valence-corrected chi connectivity index (χ0v) is 12.6. The Labute approximate surface area is 127 Å². The van der Waals surface area contributed by atoms with E-state index in [4.69, 9.17) is 16.3 Å². The van der Waals surface area contributed by atoms with Gasteiger partial charge in [-0.1, -0.05) is 35.0 Å². The molecular formula is C14H12ClNO4S. The number of para-hydroxylation sites is 1. The van der Waals surface area contributed by atoms with Crippen LogP contribution in [0.3, 0.4) is 0 Å². The van der Waals surface area contributed by atoms with Gasteiger partial charge in [-0.2, -0.15) is 8.42 Å².